The maximum Gasteiger partial charge on any atom is 1.00 e. The van der Waals surface area contributed by atoms with E-state index in [1.54, 1.807) is 0 Å². The summed E-state index contributed by atoms with van der Waals surface area (Å²) >= 11 is 3.53. The first kappa shape index (κ1) is 80.5. The molecule has 1 aliphatic rings. The van der Waals surface area contributed by atoms with Gasteiger partial charge < -0.3 is 25.3 Å². The molecule has 5 nitrogen and oxygen atoms in total. The molecule has 1 N–H and O–H groups in total. The number of fused-ring (bicyclic) bond motifs is 12. The summed E-state index contributed by atoms with van der Waals surface area (Å²) in [5.41, 5.74) is 26.3. The smallest absolute Gasteiger partial charge is 0.455 e. The number of para-hydroxylation sites is 6. The van der Waals surface area contributed by atoms with E-state index in [1.165, 1.54) is 50.9 Å². The van der Waals surface area contributed by atoms with E-state index in [4.69, 9.17) is 13.3 Å². The molecule has 3 aromatic heterocycles. The van der Waals surface area contributed by atoms with E-state index in [2.05, 4.69) is 272 Å². The largest absolute Gasteiger partial charge is 1.00 e. The topological polar surface area (TPSA) is 76.7 Å². The van der Waals surface area contributed by atoms with Crippen molar-refractivity contribution in [1.29, 1.82) is 0 Å². The quantitative estimate of drug-likeness (QED) is 0.0539. The number of carbonyl (C=O) groups is 1. The fourth-order valence-electron chi connectivity index (χ4n) is 17.1. The van der Waals surface area contributed by atoms with Crippen molar-refractivity contribution in [2.75, 3.05) is 0 Å². The summed E-state index contributed by atoms with van der Waals surface area (Å²) in [7, 11) is 0. The molecule has 0 spiro atoms. The van der Waals surface area contributed by atoms with Crippen LogP contribution < -0.4 is 18.9 Å². The molecule has 1 aliphatic carbocycles. The third-order valence-corrected chi connectivity index (χ3v) is 23.7. The van der Waals surface area contributed by atoms with Crippen LogP contribution in [0.5, 0.6) is 0 Å². The molecule has 18 aromatic carbocycles. The van der Waals surface area contributed by atoms with Gasteiger partial charge in [0.05, 0.1) is 5.41 Å². The van der Waals surface area contributed by atoms with Crippen LogP contribution in [-0.2, 0) is 11.0 Å². The van der Waals surface area contributed by atoms with Crippen molar-refractivity contribution in [2.45, 2.75) is 30.8 Å². The van der Waals surface area contributed by atoms with Crippen LogP contribution in [0, 0.1) is 6.92 Å². The van der Waals surface area contributed by atoms with Crippen molar-refractivity contribution < 1.29 is 42.0 Å². The van der Waals surface area contributed by atoms with Gasteiger partial charge in [-0.15, -0.1) is 0 Å². The molecule has 0 saturated carbocycles. The first-order valence-electron chi connectivity index (χ1n) is 41.1. The van der Waals surface area contributed by atoms with Crippen molar-refractivity contribution in [3.05, 3.63) is 510 Å². The van der Waals surface area contributed by atoms with Crippen molar-refractivity contribution in [3.63, 3.8) is 0 Å². The number of hydrogen-bond acceptors (Lipinski definition) is 5. The average molecular weight is 1630 g/mol. The van der Waals surface area contributed by atoms with Gasteiger partial charge in [-0.2, -0.15) is 6.42 Å². The van der Waals surface area contributed by atoms with Crippen molar-refractivity contribution >= 4 is 87.5 Å². The number of halogens is 1. The summed E-state index contributed by atoms with van der Waals surface area (Å²) in [4.78, 5) is 12.6. The second kappa shape index (κ2) is 36.3. The Morgan fingerprint density at radius 2 is 0.607 bits per heavy atom. The van der Waals surface area contributed by atoms with Gasteiger partial charge in [-0.1, -0.05) is 454 Å². The zero-order valence-corrected chi connectivity index (χ0v) is 69.4. The predicted octanol–water partition coefficient (Wildman–Crippen LogP) is 28.0. The number of benzene rings is 18. The van der Waals surface area contributed by atoms with Crippen LogP contribution >= 0.6 is 15.9 Å². The zero-order valence-electron chi connectivity index (χ0n) is 67.8. The number of unbranched alkanes of at least 4 members (excludes halogenated alkanes) is 1. The van der Waals surface area contributed by atoms with Gasteiger partial charge in [-0.25, -0.2) is 0 Å². The molecule has 0 fully saturated rings. The molecule has 21 aromatic rings. The Morgan fingerprint density at radius 3 is 1.06 bits per heavy atom. The summed E-state index contributed by atoms with van der Waals surface area (Å²) in [6.45, 7) is 5.72. The Bertz CT molecular complexity index is 7140. The van der Waals surface area contributed by atoms with Gasteiger partial charge in [0.2, 0.25) is 0 Å². The zero-order chi connectivity index (χ0) is 82.1. The summed E-state index contributed by atoms with van der Waals surface area (Å²) in [6.07, 6.45) is 2.28. The van der Waals surface area contributed by atoms with Crippen LogP contribution in [-0.4, -0.2) is 10.9 Å². The maximum absolute atomic E-state index is 12.7. The van der Waals surface area contributed by atoms with Gasteiger partial charge in [-0.05, 0) is 108 Å². The molecule has 1 unspecified atom stereocenters. The van der Waals surface area contributed by atoms with Gasteiger partial charge in [0, 0.05) is 70.2 Å². The van der Waals surface area contributed by atoms with Gasteiger partial charge in [0.15, 0.2) is 5.78 Å². The van der Waals surface area contributed by atoms with Gasteiger partial charge in [-0.3, -0.25) is 4.79 Å². The first-order valence-corrected chi connectivity index (χ1v) is 41.9. The first-order chi connectivity index (χ1) is 59.7. The molecule has 1 atom stereocenters. The van der Waals surface area contributed by atoms with E-state index in [1.807, 2.05) is 206 Å². The Hall–Kier alpha value is -13.9. The Labute approximate surface area is 731 Å². The van der Waals surface area contributed by atoms with Crippen molar-refractivity contribution in [1.82, 2.24) is 0 Å². The number of rotatable bonds is 13. The number of aliphatic hydroxyl groups is 1. The van der Waals surface area contributed by atoms with Crippen LogP contribution in [0.2, 0.25) is 0 Å². The maximum atomic E-state index is 12.7. The van der Waals surface area contributed by atoms with E-state index in [-0.39, 0.29) is 30.1 Å². The van der Waals surface area contributed by atoms with Gasteiger partial charge >= 0.3 is 18.9 Å². The summed E-state index contributed by atoms with van der Waals surface area (Å²) in [5, 5.41) is 19.4. The minimum Gasteiger partial charge on any atom is -0.455 e. The molecule has 0 bridgehead atoms. The Balaban J connectivity index is 0.000000119. The number of furan rings is 3. The van der Waals surface area contributed by atoms with E-state index >= 15 is 0 Å². The number of carbonyl (C=O) groups excluding carboxylic acids is 1. The van der Waals surface area contributed by atoms with E-state index in [0.29, 0.717) is 11.1 Å². The van der Waals surface area contributed by atoms with E-state index in [9.17, 15) is 9.90 Å². The van der Waals surface area contributed by atoms with Gasteiger partial charge in [0.1, 0.15) is 39.1 Å². The fourth-order valence-corrected chi connectivity index (χ4v) is 17.6. The third-order valence-electron chi connectivity index (χ3n) is 23.0. The van der Waals surface area contributed by atoms with Crippen LogP contribution in [0.25, 0.3) is 133 Å². The molecule has 0 radical (unpaired) electrons. The van der Waals surface area contributed by atoms with Crippen LogP contribution in [0.15, 0.2) is 467 Å². The third kappa shape index (κ3) is 15.6. The SMILES string of the molecule is Brc1ccccc1-c1ccccc1.O=C(c1ccccc1)c1ccc(-c2cccc3c2oc2ccccc23)cc1.OC(c1ccccc1)(c1ccc(-c2cccc3c2oc2ccccc23)cc1)c1ccccc1-c1ccccc1.[CH2-]CCC.[Li+].c1ccc(C2(c3ccc(-c4cccc5c4oc4ccccc45)cc3)c3ccccc3-c3ccccc32)cc1. The van der Waals surface area contributed by atoms with Crippen LogP contribution in [0.3, 0.4) is 0 Å². The molecule has 0 saturated heterocycles. The average Bonchev–Trinajstić information content (AvgIpc) is 1.53. The molecule has 122 heavy (non-hydrogen) atoms. The van der Waals surface area contributed by atoms with E-state index in [0.717, 1.165) is 138 Å². The molecule has 582 valence electrons. The predicted molar refractivity (Wildman–Crippen MR) is 505 cm³/mol. The number of hydrogen-bond donors (Lipinski definition) is 1. The fraction of sp³-hybridized carbons (Fsp3) is 0.0435. The van der Waals surface area contributed by atoms with Crippen LogP contribution in [0.4, 0.5) is 0 Å². The molecule has 3 heterocycles. The van der Waals surface area contributed by atoms with Crippen LogP contribution in [0.1, 0.15) is 74.6 Å². The summed E-state index contributed by atoms with van der Waals surface area (Å²) < 4.78 is 19.9. The van der Waals surface area contributed by atoms with Crippen molar-refractivity contribution in [3.8, 4) is 66.8 Å². The Kier molecular flexibility index (Phi) is 24.0. The number of ketones is 1. The molecule has 0 aliphatic heterocycles. The van der Waals surface area contributed by atoms with E-state index < -0.39 is 5.60 Å². The van der Waals surface area contributed by atoms with Crippen molar-refractivity contribution in [2.24, 2.45) is 0 Å². The minimum atomic E-state index is -1.35. The molecule has 22 rings (SSSR count). The molecular formula is C115H84BrLiO5. The Morgan fingerprint density at radius 1 is 0.303 bits per heavy atom. The standard InChI is InChI=1S/C37H26O2.C37H24O.C25H16O2.C12H9Br.C4H9.Li/c38-37(28-14-5-2-6-15-28,34-20-9-7-16-30(34)26-12-3-1-4-13-26)29-24-22-27(23-25-29)31-18-11-19-33-32-17-8-10-21-35(32)39-36(31)33;1-2-11-26(12-3-1)37(33-18-7-4-13-29(33)30-14-5-8-19-34(30)37)27-23-21-25(22-24-27)28-16-10-17-32-31-15-6-9-20-35(31)38-36(28)32;26-24(18-7-2-1-3-8-18)19-15-13-17(14-16-19)20-10-6-11-22-21-9-4-5-12-23(21)27-25(20)22;13-12-9-5-4-8-11(12)10-6-2-1-3-7-10;1-3-4-2;/h1-25,38H;1-24H;1-16H;1-9H;1,3-4H2,2H3;/q;;;;-1;+1. The molecule has 7 heteroatoms. The molecule has 0 amide bonds. The minimum absolute atomic E-state index is 0. The van der Waals surface area contributed by atoms with Gasteiger partial charge in [0.25, 0.3) is 0 Å². The normalized spacial score (nSPS) is 12.1. The monoisotopic (exact) mass is 1630 g/mol. The summed E-state index contributed by atoms with van der Waals surface area (Å²) in [5.74, 6) is 0.0316. The second-order valence-corrected chi connectivity index (χ2v) is 31.0. The summed E-state index contributed by atoms with van der Waals surface area (Å²) in [6, 6.07) is 153. The molecular weight excluding hydrogens is 1550 g/mol. The second-order valence-electron chi connectivity index (χ2n) is 30.2.